The van der Waals surface area contributed by atoms with Crippen LogP contribution in [-0.2, 0) is 45.9 Å². The summed E-state index contributed by atoms with van der Waals surface area (Å²) in [5.74, 6) is 0. The summed E-state index contributed by atoms with van der Waals surface area (Å²) >= 11 is 0. The third-order valence-electron chi connectivity index (χ3n) is 5.45. The van der Waals surface area contributed by atoms with Crippen molar-refractivity contribution in [1.29, 1.82) is 0 Å². The molecular weight excluding hydrogens is 539 g/mol. The predicted octanol–water partition coefficient (Wildman–Crippen LogP) is 6.77. The quantitative estimate of drug-likeness (QED) is 0.0685. The molecule has 0 bridgehead atoms. The minimum Gasteiger partial charge on any atom is -0.726 e. The molecule has 0 aliphatic heterocycles. The molecule has 8 nitrogen and oxygen atoms in total. The Labute approximate surface area is 226 Å². The van der Waals surface area contributed by atoms with Crippen LogP contribution >= 0.6 is 0 Å². The predicted molar refractivity (Wildman–Crippen MR) is 135 cm³/mol. The van der Waals surface area contributed by atoms with Crippen molar-refractivity contribution in [2.75, 3.05) is 13.2 Å². The Morgan fingerprint density at radius 3 is 0.829 bits per heavy atom. The molecule has 0 aliphatic carbocycles. The van der Waals surface area contributed by atoms with E-state index in [4.69, 9.17) is 0 Å². The zero-order valence-corrected chi connectivity index (χ0v) is 24.6. The summed E-state index contributed by atoms with van der Waals surface area (Å²) in [5.41, 5.74) is 0. The summed E-state index contributed by atoms with van der Waals surface area (Å²) in [6.45, 7) is 4.49. The van der Waals surface area contributed by atoms with E-state index >= 15 is 0 Å². The molecule has 0 heterocycles. The molecule has 0 aromatic heterocycles. The Morgan fingerprint density at radius 1 is 0.429 bits per heavy atom. The second kappa shape index (κ2) is 28.8. The largest absolute Gasteiger partial charge is 2.00 e. The molecule has 0 rings (SSSR count). The van der Waals surface area contributed by atoms with E-state index in [2.05, 4.69) is 22.2 Å². The van der Waals surface area contributed by atoms with Gasteiger partial charge in [-0.05, 0) is 12.8 Å². The molecule has 35 heavy (non-hydrogen) atoms. The van der Waals surface area contributed by atoms with Crippen LogP contribution in [0.25, 0.3) is 0 Å². The second-order valence-electron chi connectivity index (χ2n) is 8.82. The number of hydrogen-bond acceptors (Lipinski definition) is 8. The maximum atomic E-state index is 10.1. The van der Waals surface area contributed by atoms with Gasteiger partial charge in [0.05, 0.1) is 13.2 Å². The van der Waals surface area contributed by atoms with Gasteiger partial charge in [-0.2, -0.15) is 0 Å². The van der Waals surface area contributed by atoms with E-state index in [1.54, 1.807) is 0 Å². The number of rotatable bonds is 24. The molecule has 0 fully saturated rings. The van der Waals surface area contributed by atoms with Gasteiger partial charge in [0, 0.05) is 0 Å². The van der Waals surface area contributed by atoms with Crippen LogP contribution in [0.2, 0.25) is 0 Å². The molecule has 0 aliphatic rings. The van der Waals surface area contributed by atoms with E-state index in [1.165, 1.54) is 89.9 Å². The van der Waals surface area contributed by atoms with E-state index < -0.39 is 20.8 Å². The fraction of sp³-hybridized carbons (Fsp3) is 1.00. The average Bonchev–Trinajstić information content (AvgIpc) is 2.75. The van der Waals surface area contributed by atoms with E-state index in [9.17, 15) is 25.9 Å². The third-order valence-corrected chi connectivity index (χ3v) is 6.36. The molecule has 0 aromatic carbocycles. The Morgan fingerprint density at radius 2 is 0.629 bits per heavy atom. The van der Waals surface area contributed by atoms with Gasteiger partial charge in [0.25, 0.3) is 0 Å². The molecule has 215 valence electrons. The summed E-state index contributed by atoms with van der Waals surface area (Å²) in [6, 6.07) is 0. The maximum absolute atomic E-state index is 10.1. The van der Waals surface area contributed by atoms with Crippen molar-refractivity contribution in [3.05, 3.63) is 0 Å². The van der Waals surface area contributed by atoms with Crippen LogP contribution < -0.4 is 0 Å². The first-order valence-electron chi connectivity index (χ1n) is 13.3. The normalized spacial score (nSPS) is 11.5. The average molecular weight is 590 g/mol. The van der Waals surface area contributed by atoms with Crippen molar-refractivity contribution in [3.8, 4) is 0 Å². The van der Waals surface area contributed by atoms with Crippen LogP contribution in [0.3, 0.4) is 0 Å². The summed E-state index contributed by atoms with van der Waals surface area (Å²) in [5, 5.41) is 0. The fourth-order valence-corrected chi connectivity index (χ4v) is 4.14. The van der Waals surface area contributed by atoms with Crippen LogP contribution in [0.5, 0.6) is 0 Å². The van der Waals surface area contributed by atoms with E-state index in [0.29, 0.717) is 12.8 Å². The Balaban J connectivity index is -0.000000569. The Hall–Kier alpha value is 0.246. The molecule has 11 heteroatoms. The summed E-state index contributed by atoms with van der Waals surface area (Å²) in [7, 11) is -8.97. The first-order chi connectivity index (χ1) is 16.1. The minimum absolute atomic E-state index is 0. The first-order valence-corrected chi connectivity index (χ1v) is 16.0. The Kier molecular flexibility index (Phi) is 32.7. The van der Waals surface area contributed by atoms with Crippen LogP contribution in [0.1, 0.15) is 142 Å². The van der Waals surface area contributed by atoms with E-state index in [0.717, 1.165) is 25.7 Å². The van der Waals surface area contributed by atoms with Crippen LogP contribution in [0.4, 0.5) is 0 Å². The third kappa shape index (κ3) is 44.6. The van der Waals surface area contributed by atoms with Crippen LogP contribution in [0, 0.1) is 0 Å². The fourth-order valence-electron chi connectivity index (χ4n) is 3.50. The van der Waals surface area contributed by atoms with Gasteiger partial charge in [-0.1, -0.05) is 129 Å². The van der Waals surface area contributed by atoms with Gasteiger partial charge >= 0.3 is 16.8 Å². The minimum atomic E-state index is -4.48. The molecular formula is C24H50CoO8S2. The SMILES string of the molecule is CCCCCCCCCCCCOS(=O)(=O)[O-].CCCCCCCCCCCCOS(=O)(=O)[O-].[Co+2]. The molecule has 0 spiro atoms. The molecule has 1 radical (unpaired) electrons. The van der Waals surface area contributed by atoms with Crippen LogP contribution in [0.15, 0.2) is 0 Å². The van der Waals surface area contributed by atoms with Crippen molar-refractivity contribution in [2.45, 2.75) is 142 Å². The summed E-state index contributed by atoms with van der Waals surface area (Å²) < 4.78 is 68.9. The van der Waals surface area contributed by atoms with Gasteiger partial charge in [-0.25, -0.2) is 16.8 Å². The molecule has 0 amide bonds. The molecule has 0 unspecified atom stereocenters. The van der Waals surface area contributed by atoms with Crippen LogP contribution in [-0.4, -0.2) is 39.2 Å². The van der Waals surface area contributed by atoms with Gasteiger partial charge in [0.1, 0.15) is 0 Å². The maximum Gasteiger partial charge on any atom is 2.00 e. The number of unbranched alkanes of at least 4 members (excludes halogenated alkanes) is 18. The molecule has 0 N–H and O–H groups in total. The monoisotopic (exact) mass is 589 g/mol. The molecule has 0 saturated carbocycles. The summed E-state index contributed by atoms with van der Waals surface area (Å²) in [4.78, 5) is 0. The smallest absolute Gasteiger partial charge is 0.726 e. The zero-order chi connectivity index (χ0) is 26.0. The standard InChI is InChI=1S/2C12H26O4S.Co/c2*1-2-3-4-5-6-7-8-9-10-11-12-16-17(13,14)15;/h2*2-12H2,1H3,(H,13,14,15);/q;;+2/p-2. The number of hydrogen-bond donors (Lipinski definition) is 0. The van der Waals surface area contributed by atoms with Crippen molar-refractivity contribution in [1.82, 2.24) is 0 Å². The Bertz CT molecular complexity index is 559. The van der Waals surface area contributed by atoms with E-state index in [1.807, 2.05) is 0 Å². The molecule has 0 aromatic rings. The van der Waals surface area contributed by atoms with Crippen molar-refractivity contribution >= 4 is 20.8 Å². The summed E-state index contributed by atoms with van der Waals surface area (Å²) in [6.07, 6.45) is 23.4. The van der Waals surface area contributed by atoms with Crippen molar-refractivity contribution < 1.29 is 51.1 Å². The second-order valence-corrected chi connectivity index (χ2v) is 10.9. The topological polar surface area (TPSA) is 133 Å². The van der Waals surface area contributed by atoms with Crippen molar-refractivity contribution in [3.63, 3.8) is 0 Å². The zero-order valence-electron chi connectivity index (χ0n) is 22.0. The van der Waals surface area contributed by atoms with Gasteiger partial charge in [0.2, 0.25) is 20.8 Å². The first kappa shape index (κ1) is 39.8. The van der Waals surface area contributed by atoms with Gasteiger partial charge in [0.15, 0.2) is 0 Å². The van der Waals surface area contributed by atoms with Crippen molar-refractivity contribution in [2.24, 2.45) is 0 Å². The van der Waals surface area contributed by atoms with Gasteiger partial charge in [-0.15, -0.1) is 0 Å². The molecule has 0 atom stereocenters. The van der Waals surface area contributed by atoms with E-state index in [-0.39, 0.29) is 30.0 Å². The molecule has 0 saturated heterocycles. The van der Waals surface area contributed by atoms with Gasteiger partial charge < -0.3 is 9.11 Å². The van der Waals surface area contributed by atoms with Gasteiger partial charge in [-0.3, -0.25) is 8.37 Å².